The molecule has 2 unspecified atom stereocenters. The van der Waals surface area contributed by atoms with E-state index < -0.39 is 55.4 Å². The lowest BCUT2D eigenvalue weighted by Crippen LogP contribution is -2.59. The van der Waals surface area contributed by atoms with Gasteiger partial charge in [0.25, 0.3) is 0 Å². The Hall–Kier alpha value is -2.34. The Labute approximate surface area is 346 Å². The van der Waals surface area contributed by atoms with Crippen LogP contribution in [0.5, 0.6) is 0 Å². The van der Waals surface area contributed by atoms with Gasteiger partial charge >= 0.3 is 11.9 Å². The molecule has 57 heavy (non-hydrogen) atoms. The first-order valence-corrected chi connectivity index (χ1v) is 22.8. The van der Waals surface area contributed by atoms with Crippen molar-refractivity contribution >= 4 is 11.9 Å². The SMILES string of the molecule is CC/C=C/C=C/C=C/C=C/CCCCCCCC(=O)OC[C@H](CO[C@@H]1O[C@H](CO)[C@H](O)C(O)C1O)OC(=O)CCCCCCCCCCCCCCCCCCC. The van der Waals surface area contributed by atoms with Crippen LogP contribution in [-0.4, -0.2) is 89.0 Å². The molecule has 6 atom stereocenters. The summed E-state index contributed by atoms with van der Waals surface area (Å²) in [6.45, 7) is 3.27. The van der Waals surface area contributed by atoms with Gasteiger partial charge in [0.05, 0.1) is 13.2 Å². The van der Waals surface area contributed by atoms with E-state index in [1.807, 2.05) is 30.4 Å². The van der Waals surface area contributed by atoms with Gasteiger partial charge in [-0.25, -0.2) is 0 Å². The minimum atomic E-state index is -1.60. The number of hydrogen-bond acceptors (Lipinski definition) is 10. The van der Waals surface area contributed by atoms with Gasteiger partial charge in [-0.2, -0.15) is 0 Å². The van der Waals surface area contributed by atoms with E-state index in [0.717, 1.165) is 57.8 Å². The molecule has 1 fully saturated rings. The normalized spacial score (nSPS) is 20.7. The van der Waals surface area contributed by atoms with Gasteiger partial charge in [0.2, 0.25) is 0 Å². The highest BCUT2D eigenvalue weighted by Gasteiger charge is 2.44. The number of allylic oxidation sites excluding steroid dienone is 8. The van der Waals surface area contributed by atoms with E-state index in [4.69, 9.17) is 18.9 Å². The van der Waals surface area contributed by atoms with Gasteiger partial charge in [-0.1, -0.05) is 184 Å². The van der Waals surface area contributed by atoms with Crippen molar-refractivity contribution in [3.63, 3.8) is 0 Å². The molecule has 0 amide bonds. The van der Waals surface area contributed by atoms with E-state index in [1.54, 1.807) is 0 Å². The minimum Gasteiger partial charge on any atom is -0.462 e. The number of esters is 2. The average Bonchev–Trinajstić information content (AvgIpc) is 3.21. The second-order valence-corrected chi connectivity index (χ2v) is 15.6. The topological polar surface area (TPSA) is 152 Å². The Bertz CT molecular complexity index is 1070. The van der Waals surface area contributed by atoms with Crippen LogP contribution in [0.15, 0.2) is 48.6 Å². The molecule has 0 spiro atoms. The van der Waals surface area contributed by atoms with Crippen molar-refractivity contribution in [2.24, 2.45) is 0 Å². The first-order valence-electron chi connectivity index (χ1n) is 22.8. The summed E-state index contributed by atoms with van der Waals surface area (Å²) in [5.74, 6) is -0.831. The number of hydrogen-bond donors (Lipinski definition) is 4. The number of unbranched alkanes of at least 4 members (excludes halogenated alkanes) is 21. The second kappa shape index (κ2) is 37.9. The summed E-state index contributed by atoms with van der Waals surface area (Å²) in [5, 5.41) is 40.1. The summed E-state index contributed by atoms with van der Waals surface area (Å²) < 4.78 is 22.1. The lowest BCUT2D eigenvalue weighted by molar-refractivity contribution is -0.305. The third-order valence-electron chi connectivity index (χ3n) is 10.3. The first kappa shape index (κ1) is 52.7. The molecule has 4 N–H and O–H groups in total. The maximum absolute atomic E-state index is 12.8. The van der Waals surface area contributed by atoms with E-state index >= 15 is 0 Å². The van der Waals surface area contributed by atoms with Gasteiger partial charge in [-0.3, -0.25) is 9.59 Å². The number of aliphatic hydroxyl groups excluding tert-OH is 4. The molecule has 1 aliphatic heterocycles. The van der Waals surface area contributed by atoms with Crippen LogP contribution < -0.4 is 0 Å². The molecule has 0 aliphatic carbocycles. The monoisotopic (exact) mass is 807 g/mol. The van der Waals surface area contributed by atoms with Crippen molar-refractivity contribution in [2.45, 2.75) is 218 Å². The predicted molar refractivity (Wildman–Crippen MR) is 229 cm³/mol. The van der Waals surface area contributed by atoms with Crippen LogP contribution in [0.3, 0.4) is 0 Å². The number of ether oxygens (including phenoxy) is 4. The molecule has 1 rings (SSSR count). The number of carbonyl (C=O) groups excluding carboxylic acids is 2. The smallest absolute Gasteiger partial charge is 0.306 e. The maximum Gasteiger partial charge on any atom is 0.306 e. The number of rotatable bonds is 37. The quantitative estimate of drug-likeness (QED) is 0.0271. The van der Waals surface area contributed by atoms with Gasteiger partial charge in [-0.15, -0.1) is 0 Å². The molecular formula is C47H82O10. The van der Waals surface area contributed by atoms with Crippen molar-refractivity contribution < 1.29 is 49.0 Å². The molecule has 10 nitrogen and oxygen atoms in total. The molecule has 1 saturated heterocycles. The summed E-state index contributed by atoms with van der Waals surface area (Å²) in [5.41, 5.74) is 0. The molecule has 0 bridgehead atoms. The van der Waals surface area contributed by atoms with Crippen LogP contribution in [0.2, 0.25) is 0 Å². The highest BCUT2D eigenvalue weighted by Crippen LogP contribution is 2.23. The minimum absolute atomic E-state index is 0.226. The number of carbonyl (C=O) groups is 2. The molecule has 0 aromatic rings. The maximum atomic E-state index is 12.8. The van der Waals surface area contributed by atoms with Crippen LogP contribution >= 0.6 is 0 Å². The highest BCUT2D eigenvalue weighted by molar-refractivity contribution is 5.70. The lowest BCUT2D eigenvalue weighted by atomic mass is 9.99. The Morgan fingerprint density at radius 1 is 0.561 bits per heavy atom. The zero-order valence-electron chi connectivity index (χ0n) is 35.8. The van der Waals surface area contributed by atoms with E-state index in [1.165, 1.54) is 83.5 Å². The zero-order chi connectivity index (χ0) is 41.6. The van der Waals surface area contributed by atoms with Gasteiger partial charge in [0, 0.05) is 12.8 Å². The van der Waals surface area contributed by atoms with E-state index in [0.29, 0.717) is 12.8 Å². The van der Waals surface area contributed by atoms with Crippen LogP contribution in [-0.2, 0) is 28.5 Å². The molecule has 330 valence electrons. The molecule has 1 heterocycles. The standard InChI is InChI=1S/C47H82O10/c1-3-5-7-9-11-13-15-17-19-20-22-24-26-28-30-32-34-36-43(50)56-40(39-55-47-46(53)45(52)44(51)41(37-48)57-47)38-54-42(49)35-33-31-29-27-25-23-21-18-16-14-12-10-8-6-4-2/h6,8,10,12,14,16,18,21,40-41,44-48,51-53H,3-5,7,9,11,13,15,17,19-20,22-39H2,1-2H3/b8-6+,12-10+,16-14+,21-18+/t40-,41-,44+,45?,46?,47-/m1/s1. The lowest BCUT2D eigenvalue weighted by Gasteiger charge is -2.39. The highest BCUT2D eigenvalue weighted by atomic mass is 16.7. The molecule has 0 aromatic carbocycles. The van der Waals surface area contributed by atoms with Gasteiger partial charge in [0.15, 0.2) is 12.4 Å². The Balaban J connectivity index is 2.33. The van der Waals surface area contributed by atoms with Crippen molar-refractivity contribution in [1.29, 1.82) is 0 Å². The van der Waals surface area contributed by atoms with E-state index in [-0.39, 0.29) is 26.1 Å². The van der Waals surface area contributed by atoms with Crippen molar-refractivity contribution in [3.8, 4) is 0 Å². The van der Waals surface area contributed by atoms with Crippen molar-refractivity contribution in [2.75, 3.05) is 19.8 Å². The second-order valence-electron chi connectivity index (χ2n) is 15.6. The molecule has 0 aromatic heterocycles. The molecular weight excluding hydrogens is 725 g/mol. The molecule has 1 aliphatic rings. The Morgan fingerprint density at radius 2 is 1.04 bits per heavy atom. The van der Waals surface area contributed by atoms with Crippen molar-refractivity contribution in [3.05, 3.63) is 48.6 Å². The van der Waals surface area contributed by atoms with Gasteiger partial charge < -0.3 is 39.4 Å². The third-order valence-corrected chi connectivity index (χ3v) is 10.3. The van der Waals surface area contributed by atoms with Crippen LogP contribution in [0.1, 0.15) is 181 Å². The molecule has 0 saturated carbocycles. The summed E-state index contributed by atoms with van der Waals surface area (Å²) in [7, 11) is 0. The van der Waals surface area contributed by atoms with Crippen LogP contribution in [0.25, 0.3) is 0 Å². The summed E-state index contributed by atoms with van der Waals surface area (Å²) in [6, 6.07) is 0. The summed E-state index contributed by atoms with van der Waals surface area (Å²) in [4.78, 5) is 25.3. The van der Waals surface area contributed by atoms with Gasteiger partial charge in [-0.05, 0) is 32.1 Å². The average molecular weight is 807 g/mol. The third kappa shape index (κ3) is 29.5. The van der Waals surface area contributed by atoms with Crippen LogP contribution in [0.4, 0.5) is 0 Å². The summed E-state index contributed by atoms with van der Waals surface area (Å²) >= 11 is 0. The summed E-state index contributed by atoms with van der Waals surface area (Å²) in [6.07, 6.45) is 36.8. The fraction of sp³-hybridized carbons (Fsp3) is 0.787. The fourth-order valence-electron chi connectivity index (χ4n) is 6.73. The van der Waals surface area contributed by atoms with E-state index in [9.17, 15) is 30.0 Å². The van der Waals surface area contributed by atoms with Crippen molar-refractivity contribution in [1.82, 2.24) is 0 Å². The number of aliphatic hydroxyl groups is 4. The molecule has 10 heteroatoms. The van der Waals surface area contributed by atoms with Gasteiger partial charge in [0.1, 0.15) is 31.0 Å². The zero-order valence-corrected chi connectivity index (χ0v) is 35.8. The first-order chi connectivity index (χ1) is 27.8. The molecule has 0 radical (unpaired) electrons. The van der Waals surface area contributed by atoms with E-state index in [2.05, 4.69) is 32.1 Å². The Morgan fingerprint density at radius 3 is 1.56 bits per heavy atom. The largest absolute Gasteiger partial charge is 0.462 e. The van der Waals surface area contributed by atoms with Crippen LogP contribution in [0, 0.1) is 0 Å². The predicted octanol–water partition coefficient (Wildman–Crippen LogP) is 9.67. The Kier molecular flexibility index (Phi) is 35.0. The fourth-order valence-corrected chi connectivity index (χ4v) is 6.73.